The Morgan fingerprint density at radius 3 is 2.67 bits per heavy atom. The van der Waals surface area contributed by atoms with Crippen molar-refractivity contribution in [2.75, 3.05) is 0 Å². The molecule has 2 aromatic rings. The van der Waals surface area contributed by atoms with Crippen LogP contribution >= 0.6 is 32.9 Å². The minimum absolute atomic E-state index is 0.108. The molecule has 1 aromatic heterocycles. The van der Waals surface area contributed by atoms with Gasteiger partial charge in [-0.15, -0.1) is 0 Å². The molecule has 0 bridgehead atoms. The van der Waals surface area contributed by atoms with Gasteiger partial charge in [-0.05, 0) is 11.6 Å². The average molecular weight is 255 g/mol. The van der Waals surface area contributed by atoms with E-state index < -0.39 is 4.92 Å². The van der Waals surface area contributed by atoms with Crippen molar-refractivity contribution in [3.63, 3.8) is 0 Å². The van der Waals surface area contributed by atoms with Gasteiger partial charge in [0.05, 0.1) is 4.92 Å². The molecule has 2 rings (SSSR count). The van der Waals surface area contributed by atoms with Crippen molar-refractivity contribution in [1.82, 2.24) is 0 Å². The number of benzene rings is 1. The molecule has 0 N–H and O–H groups in total. The Morgan fingerprint density at radius 2 is 2.07 bits per heavy atom. The van der Waals surface area contributed by atoms with E-state index in [1.807, 2.05) is 12.1 Å². The van der Waals surface area contributed by atoms with Gasteiger partial charge >= 0.3 is 0 Å². The fourth-order valence-corrected chi connectivity index (χ4v) is 3.54. The van der Waals surface area contributed by atoms with E-state index in [1.165, 1.54) is 26.7 Å². The molecule has 1 heterocycles. The predicted molar refractivity (Wildman–Crippen MR) is 65.1 cm³/mol. The van der Waals surface area contributed by atoms with Gasteiger partial charge in [0.2, 0.25) is 0 Å². The lowest BCUT2D eigenvalue weighted by atomic mass is 10.2. The van der Waals surface area contributed by atoms with E-state index in [-0.39, 0.29) is 5.69 Å². The molecule has 0 saturated heterocycles. The molecule has 3 nitrogen and oxygen atoms in total. The van der Waals surface area contributed by atoms with Crippen LogP contribution in [0.4, 0.5) is 5.69 Å². The first-order chi connectivity index (χ1) is 7.16. The van der Waals surface area contributed by atoms with Crippen LogP contribution in [0.5, 0.6) is 0 Å². The molecule has 6 heteroatoms. The lowest BCUT2D eigenvalue weighted by molar-refractivity contribution is -0.384. The van der Waals surface area contributed by atoms with Crippen molar-refractivity contribution in [2.45, 2.75) is 0 Å². The van der Waals surface area contributed by atoms with E-state index >= 15 is 0 Å². The Morgan fingerprint density at radius 1 is 1.27 bits per heavy atom. The zero-order valence-electron chi connectivity index (χ0n) is 7.38. The Labute approximate surface area is 98.2 Å². The summed E-state index contributed by atoms with van der Waals surface area (Å²) >= 11 is 5.01. The van der Waals surface area contributed by atoms with Crippen molar-refractivity contribution in [1.29, 1.82) is 0 Å². The molecular weight excluding hydrogens is 250 g/mol. The zero-order chi connectivity index (χ0) is 10.8. The molecule has 0 aliphatic rings. The number of nitrogens with zero attached hydrogens (tertiary/aromatic N) is 1. The van der Waals surface area contributed by atoms with E-state index in [2.05, 4.69) is 0 Å². The summed E-state index contributed by atoms with van der Waals surface area (Å²) in [5.74, 6) is 0. The first-order valence-electron chi connectivity index (χ1n) is 4.02. The smallest absolute Gasteiger partial charge is 0.258 e. The van der Waals surface area contributed by atoms with Crippen molar-refractivity contribution < 1.29 is 4.92 Å². The first-order valence-corrected chi connectivity index (χ1v) is 6.57. The quantitative estimate of drug-likeness (QED) is 0.351. The SMILES string of the molecule is O=[N+]([O-])c1cccc(-c2cc(=S)ss2)c1. The highest BCUT2D eigenvalue weighted by Crippen LogP contribution is 2.31. The minimum Gasteiger partial charge on any atom is -0.258 e. The van der Waals surface area contributed by atoms with Crippen molar-refractivity contribution in [2.24, 2.45) is 0 Å². The predicted octanol–water partition coefficient (Wildman–Crippen LogP) is 4.11. The molecule has 0 aliphatic heterocycles. The Hall–Kier alpha value is -1.11. The highest BCUT2D eigenvalue weighted by atomic mass is 32.9. The number of rotatable bonds is 2. The molecule has 15 heavy (non-hydrogen) atoms. The van der Waals surface area contributed by atoms with Gasteiger partial charge < -0.3 is 0 Å². The van der Waals surface area contributed by atoms with E-state index in [9.17, 15) is 10.1 Å². The van der Waals surface area contributed by atoms with Gasteiger partial charge in [-0.1, -0.05) is 45.0 Å². The Kier molecular flexibility index (Phi) is 2.90. The van der Waals surface area contributed by atoms with Crippen LogP contribution in [0.25, 0.3) is 10.4 Å². The average Bonchev–Trinajstić information content (AvgIpc) is 2.65. The normalized spacial score (nSPS) is 10.1. The minimum atomic E-state index is -0.394. The summed E-state index contributed by atoms with van der Waals surface area (Å²) < 4.78 is 0.807. The zero-order valence-corrected chi connectivity index (χ0v) is 9.82. The maximum Gasteiger partial charge on any atom is 0.270 e. The molecule has 0 spiro atoms. The van der Waals surface area contributed by atoms with Crippen LogP contribution in [0.1, 0.15) is 0 Å². The topological polar surface area (TPSA) is 43.1 Å². The van der Waals surface area contributed by atoms with Crippen LogP contribution < -0.4 is 0 Å². The van der Waals surface area contributed by atoms with Gasteiger partial charge in [0.15, 0.2) is 0 Å². The molecule has 0 unspecified atom stereocenters. The lowest BCUT2D eigenvalue weighted by Crippen LogP contribution is -1.87. The summed E-state index contributed by atoms with van der Waals surface area (Å²) in [5.41, 5.74) is 0.957. The van der Waals surface area contributed by atoms with Crippen molar-refractivity contribution in [3.8, 4) is 10.4 Å². The van der Waals surface area contributed by atoms with E-state index in [0.717, 1.165) is 14.3 Å². The molecule has 1 aromatic carbocycles. The third-order valence-corrected chi connectivity index (χ3v) is 4.71. The monoisotopic (exact) mass is 255 g/mol. The van der Waals surface area contributed by atoms with Gasteiger partial charge in [0.1, 0.15) is 3.82 Å². The standard InChI is InChI=1S/C9H5NO2S3/c11-10(12)7-3-1-2-6(4-7)8-5-9(13)15-14-8/h1-5H. The van der Waals surface area contributed by atoms with Crippen LogP contribution in [0.15, 0.2) is 30.3 Å². The number of hydrogen-bond donors (Lipinski definition) is 0. The summed E-state index contributed by atoms with van der Waals surface area (Å²) in [6, 6.07) is 8.44. The maximum absolute atomic E-state index is 10.6. The van der Waals surface area contributed by atoms with Crippen LogP contribution in [0, 0.1) is 13.9 Å². The third-order valence-electron chi connectivity index (χ3n) is 1.80. The first kappa shape index (κ1) is 10.4. The number of hydrogen-bond acceptors (Lipinski definition) is 5. The van der Waals surface area contributed by atoms with Crippen LogP contribution in [0.2, 0.25) is 0 Å². The summed E-state index contributed by atoms with van der Waals surface area (Å²) in [5, 5.41) is 10.6. The number of non-ortho nitro benzene ring substituents is 1. The highest BCUT2D eigenvalue weighted by Gasteiger charge is 2.07. The van der Waals surface area contributed by atoms with Gasteiger partial charge in [0.25, 0.3) is 5.69 Å². The van der Waals surface area contributed by atoms with Crippen molar-refractivity contribution >= 4 is 38.6 Å². The third kappa shape index (κ3) is 2.28. The fourth-order valence-electron chi connectivity index (χ4n) is 1.15. The second-order valence-corrected chi connectivity index (χ2v) is 5.71. The molecule has 76 valence electrons. The Bertz CT molecular complexity index is 558. The van der Waals surface area contributed by atoms with E-state index in [4.69, 9.17) is 12.2 Å². The van der Waals surface area contributed by atoms with Crippen molar-refractivity contribution in [3.05, 3.63) is 44.3 Å². The van der Waals surface area contributed by atoms with Gasteiger partial charge in [-0.2, -0.15) is 0 Å². The molecular formula is C9H5NO2S3. The molecule has 0 fully saturated rings. The molecule has 0 aliphatic carbocycles. The molecule has 0 amide bonds. The largest absolute Gasteiger partial charge is 0.270 e. The van der Waals surface area contributed by atoms with E-state index in [1.54, 1.807) is 12.1 Å². The van der Waals surface area contributed by atoms with Gasteiger partial charge in [-0.3, -0.25) is 10.1 Å². The summed E-state index contributed by atoms with van der Waals surface area (Å²) in [4.78, 5) is 11.2. The molecule has 0 radical (unpaired) electrons. The Balaban J connectivity index is 2.49. The van der Waals surface area contributed by atoms with Gasteiger partial charge in [-0.25, -0.2) is 0 Å². The maximum atomic E-state index is 10.6. The molecule has 0 saturated carbocycles. The van der Waals surface area contributed by atoms with E-state index in [0.29, 0.717) is 0 Å². The lowest BCUT2D eigenvalue weighted by Gasteiger charge is -1.95. The van der Waals surface area contributed by atoms with Crippen LogP contribution in [-0.2, 0) is 0 Å². The summed E-state index contributed by atoms with van der Waals surface area (Å²) in [6.45, 7) is 0. The molecule has 0 atom stereocenters. The highest BCUT2D eigenvalue weighted by molar-refractivity contribution is 7.80. The fraction of sp³-hybridized carbons (Fsp3) is 0. The second-order valence-electron chi connectivity index (χ2n) is 2.80. The second kappa shape index (κ2) is 4.18. The summed E-state index contributed by atoms with van der Waals surface area (Å²) in [6.07, 6.45) is 0. The van der Waals surface area contributed by atoms with Crippen LogP contribution in [-0.4, -0.2) is 4.92 Å². The number of nitro groups is 1. The van der Waals surface area contributed by atoms with Gasteiger partial charge in [0, 0.05) is 17.0 Å². The number of nitro benzene ring substituents is 1. The summed E-state index contributed by atoms with van der Waals surface area (Å²) in [7, 11) is 3.04. The van der Waals surface area contributed by atoms with Crippen LogP contribution in [0.3, 0.4) is 0 Å².